The number of hydrogen-bond acceptors (Lipinski definition) is 5. The number of carbonyl (C=O) groups is 1. The maximum atomic E-state index is 12.3. The smallest absolute Gasteiger partial charge is 0.319 e. The van der Waals surface area contributed by atoms with Gasteiger partial charge in [0, 0.05) is 11.7 Å². The van der Waals surface area contributed by atoms with Gasteiger partial charge >= 0.3 is 6.03 Å². The number of carbonyl (C=O) groups excluding carboxylic acids is 1. The fourth-order valence-electron chi connectivity index (χ4n) is 3.21. The van der Waals surface area contributed by atoms with E-state index in [1.807, 2.05) is 41.8 Å². The summed E-state index contributed by atoms with van der Waals surface area (Å²) in [4.78, 5) is 17.7. The normalized spacial score (nSPS) is 14.5. The van der Waals surface area contributed by atoms with Gasteiger partial charge in [0.2, 0.25) is 11.7 Å². The molecule has 1 aliphatic rings. The number of benzene rings is 1. The number of urea groups is 1. The van der Waals surface area contributed by atoms with Crippen molar-refractivity contribution in [3.8, 4) is 10.7 Å². The molecule has 134 valence electrons. The van der Waals surface area contributed by atoms with Crippen molar-refractivity contribution in [3.63, 3.8) is 0 Å². The molecule has 1 aromatic carbocycles. The van der Waals surface area contributed by atoms with Crippen molar-refractivity contribution in [1.29, 1.82) is 0 Å². The lowest BCUT2D eigenvalue weighted by Gasteiger charge is -2.14. The zero-order valence-corrected chi connectivity index (χ0v) is 15.1. The Labute approximate surface area is 155 Å². The van der Waals surface area contributed by atoms with Gasteiger partial charge in [0.1, 0.15) is 0 Å². The zero-order chi connectivity index (χ0) is 17.8. The lowest BCUT2D eigenvalue weighted by molar-refractivity contribution is 0.248. The average Bonchev–Trinajstić information content (AvgIpc) is 3.38. The predicted octanol–water partition coefficient (Wildman–Crippen LogP) is 4.45. The van der Waals surface area contributed by atoms with Crippen LogP contribution in [-0.4, -0.2) is 22.2 Å². The first kappa shape index (κ1) is 16.8. The van der Waals surface area contributed by atoms with Crippen LogP contribution < -0.4 is 10.6 Å². The Bertz CT molecular complexity index is 869. The van der Waals surface area contributed by atoms with E-state index < -0.39 is 0 Å². The molecule has 26 heavy (non-hydrogen) atoms. The summed E-state index contributed by atoms with van der Waals surface area (Å²) in [6.07, 6.45) is 4.96. The van der Waals surface area contributed by atoms with Crippen molar-refractivity contribution in [2.45, 2.75) is 38.1 Å². The first-order valence-electron chi connectivity index (χ1n) is 8.80. The van der Waals surface area contributed by atoms with Crippen molar-refractivity contribution in [2.75, 3.05) is 5.32 Å². The fourth-order valence-corrected chi connectivity index (χ4v) is 3.86. The minimum absolute atomic E-state index is 0.158. The molecular weight excluding hydrogens is 348 g/mol. The molecular formula is C19H20N4O2S. The summed E-state index contributed by atoms with van der Waals surface area (Å²) in [6.45, 7) is 0. The van der Waals surface area contributed by atoms with Crippen LogP contribution in [-0.2, 0) is 6.42 Å². The monoisotopic (exact) mass is 368 g/mol. The highest BCUT2D eigenvalue weighted by Gasteiger charge is 2.18. The molecule has 6 nitrogen and oxygen atoms in total. The summed E-state index contributed by atoms with van der Waals surface area (Å²) >= 11 is 1.57. The van der Waals surface area contributed by atoms with Crippen molar-refractivity contribution < 1.29 is 9.32 Å². The quantitative estimate of drug-likeness (QED) is 0.697. The van der Waals surface area contributed by atoms with Crippen LogP contribution in [0.4, 0.5) is 10.5 Å². The topological polar surface area (TPSA) is 80.1 Å². The second-order valence-electron chi connectivity index (χ2n) is 6.40. The van der Waals surface area contributed by atoms with E-state index in [1.165, 1.54) is 12.8 Å². The van der Waals surface area contributed by atoms with Crippen LogP contribution in [0.3, 0.4) is 0 Å². The summed E-state index contributed by atoms with van der Waals surface area (Å²) in [5.74, 6) is 1.12. The Morgan fingerprint density at radius 1 is 1.19 bits per heavy atom. The number of aromatic nitrogens is 2. The minimum atomic E-state index is -0.158. The molecule has 7 heteroatoms. The van der Waals surface area contributed by atoms with E-state index in [0.29, 0.717) is 18.1 Å². The molecule has 2 N–H and O–H groups in total. The maximum absolute atomic E-state index is 12.3. The van der Waals surface area contributed by atoms with Gasteiger partial charge in [-0.15, -0.1) is 11.3 Å². The second kappa shape index (κ2) is 7.70. The molecule has 2 aromatic heterocycles. The molecule has 3 aromatic rings. The zero-order valence-electron chi connectivity index (χ0n) is 14.3. The third-order valence-corrected chi connectivity index (χ3v) is 5.37. The van der Waals surface area contributed by atoms with E-state index in [1.54, 1.807) is 11.3 Å². The SMILES string of the molecule is O=C(Nc1ccccc1Cc1nc(-c2cccs2)no1)NC1CCCC1. The summed E-state index contributed by atoms with van der Waals surface area (Å²) in [5, 5.41) is 12.0. The van der Waals surface area contributed by atoms with Crippen molar-refractivity contribution in [3.05, 3.63) is 53.2 Å². The number of nitrogens with one attached hydrogen (secondary N) is 2. The van der Waals surface area contributed by atoms with Gasteiger partial charge in [-0.1, -0.05) is 42.3 Å². The van der Waals surface area contributed by atoms with Gasteiger partial charge < -0.3 is 15.2 Å². The van der Waals surface area contributed by atoms with Crippen molar-refractivity contribution >= 4 is 23.1 Å². The van der Waals surface area contributed by atoms with E-state index in [4.69, 9.17) is 4.52 Å². The largest absolute Gasteiger partial charge is 0.339 e. The molecule has 4 rings (SSSR count). The number of rotatable bonds is 5. The van der Waals surface area contributed by atoms with Gasteiger partial charge in [0.25, 0.3) is 0 Å². The molecule has 0 unspecified atom stereocenters. The van der Waals surface area contributed by atoms with E-state index >= 15 is 0 Å². The van der Waals surface area contributed by atoms with E-state index in [0.717, 1.165) is 29.0 Å². The molecule has 0 saturated heterocycles. The summed E-state index contributed by atoms with van der Waals surface area (Å²) < 4.78 is 5.38. The van der Waals surface area contributed by atoms with E-state index in [2.05, 4.69) is 20.8 Å². The first-order chi connectivity index (χ1) is 12.8. The van der Waals surface area contributed by atoms with Crippen LogP contribution in [0, 0.1) is 0 Å². The van der Waals surface area contributed by atoms with Gasteiger partial charge in [-0.05, 0) is 35.9 Å². The molecule has 0 bridgehead atoms. The Morgan fingerprint density at radius 2 is 2.04 bits per heavy atom. The Kier molecular flexibility index (Phi) is 4.97. The molecule has 0 radical (unpaired) electrons. The molecule has 0 aliphatic heterocycles. The third-order valence-electron chi connectivity index (χ3n) is 4.51. The van der Waals surface area contributed by atoms with Gasteiger partial charge in [-0.2, -0.15) is 4.98 Å². The summed E-state index contributed by atoms with van der Waals surface area (Å²) in [5.41, 5.74) is 1.70. The Balaban J connectivity index is 1.44. The van der Waals surface area contributed by atoms with Crippen LogP contribution in [0.2, 0.25) is 0 Å². The Hall–Kier alpha value is -2.67. The molecule has 0 atom stereocenters. The molecule has 1 aliphatic carbocycles. The third kappa shape index (κ3) is 3.94. The number of anilines is 1. The van der Waals surface area contributed by atoms with Crippen LogP contribution in [0.15, 0.2) is 46.3 Å². The molecule has 2 amide bonds. The fraction of sp³-hybridized carbons (Fsp3) is 0.316. The molecule has 1 saturated carbocycles. The molecule has 1 fully saturated rings. The number of thiophene rings is 1. The standard InChI is InChI=1S/C19H20N4O2S/c24-19(20-14-7-2-3-8-14)21-15-9-4-1-6-13(15)12-17-22-18(23-25-17)16-10-5-11-26-16/h1,4-6,9-11,14H,2-3,7-8,12H2,(H2,20,21,24). The average molecular weight is 368 g/mol. The lowest BCUT2D eigenvalue weighted by atomic mass is 10.1. The first-order valence-corrected chi connectivity index (χ1v) is 9.68. The van der Waals surface area contributed by atoms with Gasteiger partial charge in [0.15, 0.2) is 0 Å². The van der Waals surface area contributed by atoms with Crippen LogP contribution in [0.1, 0.15) is 37.1 Å². The highest BCUT2D eigenvalue weighted by molar-refractivity contribution is 7.13. The van der Waals surface area contributed by atoms with E-state index in [-0.39, 0.29) is 12.1 Å². The highest BCUT2D eigenvalue weighted by atomic mass is 32.1. The van der Waals surface area contributed by atoms with Crippen LogP contribution in [0.5, 0.6) is 0 Å². The molecule has 0 spiro atoms. The van der Waals surface area contributed by atoms with Gasteiger partial charge in [-0.3, -0.25) is 0 Å². The number of para-hydroxylation sites is 1. The van der Waals surface area contributed by atoms with Crippen LogP contribution >= 0.6 is 11.3 Å². The summed E-state index contributed by atoms with van der Waals surface area (Å²) in [7, 11) is 0. The number of nitrogens with zero attached hydrogens (tertiary/aromatic N) is 2. The van der Waals surface area contributed by atoms with Crippen molar-refractivity contribution in [1.82, 2.24) is 15.5 Å². The van der Waals surface area contributed by atoms with Gasteiger partial charge in [-0.25, -0.2) is 4.79 Å². The van der Waals surface area contributed by atoms with Crippen molar-refractivity contribution in [2.24, 2.45) is 0 Å². The Morgan fingerprint density at radius 3 is 2.85 bits per heavy atom. The maximum Gasteiger partial charge on any atom is 0.319 e. The number of hydrogen-bond donors (Lipinski definition) is 2. The second-order valence-corrected chi connectivity index (χ2v) is 7.35. The van der Waals surface area contributed by atoms with Crippen LogP contribution in [0.25, 0.3) is 10.7 Å². The predicted molar refractivity (Wildman–Crippen MR) is 101 cm³/mol. The van der Waals surface area contributed by atoms with Gasteiger partial charge in [0.05, 0.1) is 11.3 Å². The summed E-state index contributed by atoms with van der Waals surface area (Å²) in [6, 6.07) is 11.7. The van der Waals surface area contributed by atoms with E-state index in [9.17, 15) is 4.79 Å². The highest BCUT2D eigenvalue weighted by Crippen LogP contribution is 2.24. The molecule has 2 heterocycles. The lowest BCUT2D eigenvalue weighted by Crippen LogP contribution is -2.36. The minimum Gasteiger partial charge on any atom is -0.339 e. The number of amides is 2.